The molecule has 0 aliphatic rings. The number of halogens is 1. The van der Waals surface area contributed by atoms with Crippen molar-refractivity contribution in [2.45, 2.75) is 13.0 Å². The van der Waals surface area contributed by atoms with Gasteiger partial charge in [0.1, 0.15) is 11.6 Å². The fraction of sp³-hybridized carbons (Fsp3) is 0.273. The van der Waals surface area contributed by atoms with Gasteiger partial charge in [0.25, 0.3) is 0 Å². The van der Waals surface area contributed by atoms with Gasteiger partial charge in [-0.2, -0.15) is 0 Å². The van der Waals surface area contributed by atoms with Gasteiger partial charge in [0.05, 0.1) is 12.7 Å². The number of nitrogens with zero attached hydrogens (tertiary/aromatic N) is 4. The van der Waals surface area contributed by atoms with Gasteiger partial charge in [-0.1, -0.05) is 0 Å². The van der Waals surface area contributed by atoms with Crippen molar-refractivity contribution in [1.82, 2.24) is 20.2 Å². The maximum absolute atomic E-state index is 13.9. The standard InChI is InChI=1S/C11H11FN4O3/c1-6(11(17)18)16-10(13-14-15-16)8-4-3-7(19-2)5-9(8)12/h3-6H,1-2H3,(H,17,18). The molecule has 1 aromatic heterocycles. The minimum absolute atomic E-state index is 0.0510. The normalized spacial score (nSPS) is 12.2. The number of aromatic nitrogens is 4. The second-order valence-corrected chi connectivity index (χ2v) is 3.81. The molecule has 2 aromatic rings. The van der Waals surface area contributed by atoms with E-state index in [1.54, 1.807) is 6.07 Å². The summed E-state index contributed by atoms with van der Waals surface area (Å²) in [6, 6.07) is 3.17. The van der Waals surface area contributed by atoms with Crippen LogP contribution in [0.15, 0.2) is 18.2 Å². The summed E-state index contributed by atoms with van der Waals surface area (Å²) in [4.78, 5) is 10.9. The summed E-state index contributed by atoms with van der Waals surface area (Å²) in [5, 5.41) is 19.6. The van der Waals surface area contributed by atoms with Gasteiger partial charge in [-0.15, -0.1) is 5.10 Å². The highest BCUT2D eigenvalue weighted by Crippen LogP contribution is 2.25. The van der Waals surface area contributed by atoms with Crippen LogP contribution >= 0.6 is 0 Å². The van der Waals surface area contributed by atoms with Gasteiger partial charge in [-0.3, -0.25) is 0 Å². The Morgan fingerprint density at radius 2 is 2.26 bits per heavy atom. The second kappa shape index (κ2) is 5.01. The predicted molar refractivity (Wildman–Crippen MR) is 62.1 cm³/mol. The summed E-state index contributed by atoms with van der Waals surface area (Å²) in [6.07, 6.45) is 0. The average Bonchev–Trinajstić information content (AvgIpc) is 2.86. The summed E-state index contributed by atoms with van der Waals surface area (Å²) in [7, 11) is 1.42. The van der Waals surface area contributed by atoms with Crippen molar-refractivity contribution >= 4 is 5.97 Å². The molecular weight excluding hydrogens is 255 g/mol. The Morgan fingerprint density at radius 1 is 1.53 bits per heavy atom. The molecule has 0 saturated carbocycles. The lowest BCUT2D eigenvalue weighted by molar-refractivity contribution is -0.140. The molecule has 0 aliphatic carbocycles. The molecule has 1 heterocycles. The van der Waals surface area contributed by atoms with Crippen LogP contribution in [-0.2, 0) is 4.79 Å². The fourth-order valence-corrected chi connectivity index (χ4v) is 1.54. The monoisotopic (exact) mass is 266 g/mol. The van der Waals surface area contributed by atoms with Gasteiger partial charge >= 0.3 is 5.97 Å². The molecule has 0 radical (unpaired) electrons. The third kappa shape index (κ3) is 2.37. The number of hydrogen-bond donors (Lipinski definition) is 1. The first-order valence-electron chi connectivity index (χ1n) is 5.39. The molecule has 0 aliphatic heterocycles. The second-order valence-electron chi connectivity index (χ2n) is 3.81. The first-order valence-corrected chi connectivity index (χ1v) is 5.39. The third-order valence-corrected chi connectivity index (χ3v) is 2.63. The van der Waals surface area contributed by atoms with Crippen LogP contribution in [0.1, 0.15) is 13.0 Å². The first kappa shape index (κ1) is 12.9. The Bertz CT molecular complexity index is 614. The predicted octanol–water partition coefficient (Wildman–Crippen LogP) is 1.13. The number of aliphatic carboxylic acids is 1. The average molecular weight is 266 g/mol. The molecule has 0 fully saturated rings. The van der Waals surface area contributed by atoms with Crippen LogP contribution in [0.2, 0.25) is 0 Å². The Morgan fingerprint density at radius 3 is 2.84 bits per heavy atom. The van der Waals surface area contributed by atoms with E-state index in [1.807, 2.05) is 0 Å². The van der Waals surface area contributed by atoms with Gasteiger partial charge < -0.3 is 9.84 Å². The van der Waals surface area contributed by atoms with Crippen molar-refractivity contribution in [3.8, 4) is 17.1 Å². The zero-order valence-corrected chi connectivity index (χ0v) is 10.2. The third-order valence-electron chi connectivity index (χ3n) is 2.63. The Balaban J connectivity index is 2.48. The lowest BCUT2D eigenvalue weighted by Crippen LogP contribution is -2.18. The number of hydrogen-bond acceptors (Lipinski definition) is 5. The van der Waals surface area contributed by atoms with E-state index in [2.05, 4.69) is 15.5 Å². The first-order chi connectivity index (χ1) is 9.04. The lowest BCUT2D eigenvalue weighted by Gasteiger charge is -2.09. The molecular formula is C11H11FN4O3. The topological polar surface area (TPSA) is 90.1 Å². The van der Waals surface area contributed by atoms with E-state index in [0.717, 1.165) is 4.68 Å². The smallest absolute Gasteiger partial charge is 0.328 e. The highest BCUT2D eigenvalue weighted by Gasteiger charge is 2.22. The van der Waals surface area contributed by atoms with Crippen LogP contribution in [0.5, 0.6) is 5.75 Å². The molecule has 1 atom stereocenters. The van der Waals surface area contributed by atoms with Gasteiger partial charge in [-0.25, -0.2) is 13.9 Å². The molecule has 2 rings (SSSR count). The van der Waals surface area contributed by atoms with Crippen LogP contribution in [0.4, 0.5) is 4.39 Å². The number of carboxylic acids is 1. The van der Waals surface area contributed by atoms with Crippen molar-refractivity contribution < 1.29 is 19.0 Å². The molecule has 0 bridgehead atoms. The Hall–Kier alpha value is -2.51. The maximum Gasteiger partial charge on any atom is 0.328 e. The van der Waals surface area contributed by atoms with E-state index in [0.29, 0.717) is 5.75 Å². The SMILES string of the molecule is COc1ccc(-c2nnnn2C(C)C(=O)O)c(F)c1. The largest absolute Gasteiger partial charge is 0.497 e. The summed E-state index contributed by atoms with van der Waals surface area (Å²) >= 11 is 0. The van der Waals surface area contributed by atoms with E-state index in [1.165, 1.54) is 26.2 Å². The molecule has 1 unspecified atom stereocenters. The number of carbonyl (C=O) groups is 1. The van der Waals surface area contributed by atoms with Crippen LogP contribution in [-0.4, -0.2) is 38.4 Å². The molecule has 19 heavy (non-hydrogen) atoms. The minimum Gasteiger partial charge on any atom is -0.497 e. The summed E-state index contributed by atoms with van der Waals surface area (Å²) in [6.45, 7) is 1.41. The summed E-state index contributed by atoms with van der Waals surface area (Å²) in [5.41, 5.74) is 0.110. The summed E-state index contributed by atoms with van der Waals surface area (Å²) < 4.78 is 19.8. The van der Waals surface area contributed by atoms with Crippen LogP contribution in [0, 0.1) is 5.82 Å². The summed E-state index contributed by atoms with van der Waals surface area (Å²) in [5.74, 6) is -1.29. The quantitative estimate of drug-likeness (QED) is 0.892. The van der Waals surface area contributed by atoms with Crippen molar-refractivity contribution in [3.05, 3.63) is 24.0 Å². The molecule has 0 amide bonds. The van der Waals surface area contributed by atoms with Gasteiger partial charge in [0.2, 0.25) is 0 Å². The van der Waals surface area contributed by atoms with E-state index >= 15 is 0 Å². The number of methoxy groups -OCH3 is 1. The molecule has 7 nitrogen and oxygen atoms in total. The number of rotatable bonds is 4. The minimum atomic E-state index is -1.11. The van der Waals surface area contributed by atoms with Crippen LogP contribution in [0.25, 0.3) is 11.4 Å². The Labute approximate surface area is 107 Å². The number of carboxylic acid groups (broad SMARTS) is 1. The van der Waals surface area contributed by atoms with Crippen LogP contribution in [0.3, 0.4) is 0 Å². The van der Waals surface area contributed by atoms with Crippen molar-refractivity contribution in [3.63, 3.8) is 0 Å². The zero-order valence-electron chi connectivity index (χ0n) is 10.2. The van der Waals surface area contributed by atoms with Crippen molar-refractivity contribution in [2.24, 2.45) is 0 Å². The van der Waals surface area contributed by atoms with E-state index < -0.39 is 17.8 Å². The molecule has 1 N–H and O–H groups in total. The maximum atomic E-state index is 13.9. The van der Waals surface area contributed by atoms with E-state index in [-0.39, 0.29) is 11.4 Å². The van der Waals surface area contributed by atoms with Crippen LogP contribution < -0.4 is 4.74 Å². The number of tetrazole rings is 1. The van der Waals surface area contributed by atoms with Crippen molar-refractivity contribution in [2.75, 3.05) is 7.11 Å². The molecule has 8 heteroatoms. The lowest BCUT2D eigenvalue weighted by atomic mass is 10.2. The van der Waals surface area contributed by atoms with E-state index in [4.69, 9.17) is 9.84 Å². The number of benzene rings is 1. The van der Waals surface area contributed by atoms with Gasteiger partial charge in [0, 0.05) is 6.07 Å². The Kier molecular flexibility index (Phi) is 3.41. The van der Waals surface area contributed by atoms with E-state index in [9.17, 15) is 9.18 Å². The molecule has 100 valence electrons. The fourth-order valence-electron chi connectivity index (χ4n) is 1.54. The van der Waals surface area contributed by atoms with Gasteiger partial charge in [-0.05, 0) is 29.5 Å². The molecule has 0 spiro atoms. The highest BCUT2D eigenvalue weighted by molar-refractivity contribution is 5.72. The highest BCUT2D eigenvalue weighted by atomic mass is 19.1. The van der Waals surface area contributed by atoms with Crippen molar-refractivity contribution in [1.29, 1.82) is 0 Å². The number of ether oxygens (including phenoxy) is 1. The zero-order chi connectivity index (χ0) is 14.0. The molecule has 1 aromatic carbocycles. The molecule has 0 saturated heterocycles. The van der Waals surface area contributed by atoms with Gasteiger partial charge in [0.15, 0.2) is 11.9 Å².